The molecule has 0 fully saturated rings. The van der Waals surface area contributed by atoms with Gasteiger partial charge in [-0.3, -0.25) is 4.79 Å². The van der Waals surface area contributed by atoms with E-state index in [1.54, 1.807) is 49.4 Å². The summed E-state index contributed by atoms with van der Waals surface area (Å²) in [7, 11) is 0. The first kappa shape index (κ1) is 25.5. The zero-order valence-electron chi connectivity index (χ0n) is 20.4. The molecule has 196 valence electrons. The molecule has 11 nitrogen and oxygen atoms in total. The van der Waals surface area contributed by atoms with Gasteiger partial charge in [0.2, 0.25) is 11.6 Å². The Morgan fingerprint density at radius 1 is 1.10 bits per heavy atom. The van der Waals surface area contributed by atoms with Crippen molar-refractivity contribution in [2.24, 2.45) is 5.10 Å². The zero-order valence-corrected chi connectivity index (χ0v) is 21.1. The topological polar surface area (TPSA) is 146 Å². The summed E-state index contributed by atoms with van der Waals surface area (Å²) >= 11 is 6.05. The maximum Gasteiger partial charge on any atom is 0.292 e. The molecule has 13 heteroatoms. The van der Waals surface area contributed by atoms with E-state index in [9.17, 15) is 9.18 Å². The second-order valence-electron chi connectivity index (χ2n) is 8.19. The van der Waals surface area contributed by atoms with Gasteiger partial charge in [-0.2, -0.15) is 9.78 Å². The third kappa shape index (κ3) is 5.45. The predicted octanol–water partition coefficient (Wildman–Crippen LogP) is 4.43. The Morgan fingerprint density at radius 3 is 2.56 bits per heavy atom. The van der Waals surface area contributed by atoms with Gasteiger partial charge in [0, 0.05) is 11.1 Å². The zero-order chi connectivity index (χ0) is 27.4. The van der Waals surface area contributed by atoms with Crippen molar-refractivity contribution in [3.63, 3.8) is 0 Å². The van der Waals surface area contributed by atoms with Crippen LogP contribution in [0.15, 0.2) is 82.5 Å². The molecule has 5 rings (SSSR count). The molecule has 3 aromatic carbocycles. The summed E-state index contributed by atoms with van der Waals surface area (Å²) in [5.41, 5.74) is 10.8. The lowest BCUT2D eigenvalue weighted by Gasteiger charge is -2.10. The lowest BCUT2D eigenvalue weighted by atomic mass is 10.1. The normalized spacial score (nSPS) is 11.4. The number of amides is 1. The second kappa shape index (κ2) is 11.1. The number of hydrogen-bond acceptors (Lipinski definition) is 9. The number of hydrazone groups is 1. The highest BCUT2D eigenvalue weighted by Crippen LogP contribution is 2.25. The van der Waals surface area contributed by atoms with Crippen molar-refractivity contribution in [2.75, 3.05) is 5.73 Å². The Bertz CT molecular complexity index is 1630. The highest BCUT2D eigenvalue weighted by molar-refractivity contribution is 6.31. The number of carbonyl (C=O) groups excluding carboxylic acids is 1. The van der Waals surface area contributed by atoms with Gasteiger partial charge in [0.05, 0.1) is 10.7 Å². The molecule has 0 aliphatic rings. The molecular weight excluding hydrogens is 527 g/mol. The monoisotopic (exact) mass is 546 g/mol. The molecule has 2 aromatic heterocycles. The van der Waals surface area contributed by atoms with E-state index in [1.807, 2.05) is 18.2 Å². The number of rotatable bonds is 8. The van der Waals surface area contributed by atoms with Gasteiger partial charge in [-0.05, 0) is 59.2 Å². The molecule has 0 aliphatic heterocycles. The van der Waals surface area contributed by atoms with Gasteiger partial charge in [0.25, 0.3) is 5.91 Å². The van der Waals surface area contributed by atoms with Crippen molar-refractivity contribution in [1.82, 2.24) is 30.7 Å². The molecule has 0 radical (unpaired) electrons. The SMILES string of the molecule is C/C(=N/NC(=O)c1c(-c2ccccc2)nnn1-c1nonc1N)c1ccc(OCc2c(F)cccc2Cl)cc1. The molecule has 1 amide bonds. The first-order valence-corrected chi connectivity index (χ1v) is 11.9. The van der Waals surface area contributed by atoms with Crippen LogP contribution in [-0.4, -0.2) is 36.9 Å². The number of nitrogen functional groups attached to an aromatic ring is 1. The molecule has 0 aliphatic carbocycles. The van der Waals surface area contributed by atoms with Gasteiger partial charge >= 0.3 is 0 Å². The Kier molecular flexibility index (Phi) is 7.28. The van der Waals surface area contributed by atoms with Crippen LogP contribution in [0, 0.1) is 5.82 Å². The standard InChI is InChI=1S/C26H20ClFN8O3/c1-15(16-10-12-18(13-11-16)38-14-19-20(27)8-5-9-21(19)28)30-32-26(37)23-22(17-6-3-2-4-7-17)31-35-36(23)25-24(29)33-39-34-25/h2-13H,14H2,1H3,(H2,29,33)(H,32,37)/b30-15-. The summed E-state index contributed by atoms with van der Waals surface area (Å²) in [5, 5.41) is 20.0. The van der Waals surface area contributed by atoms with Gasteiger partial charge in [0.1, 0.15) is 23.9 Å². The van der Waals surface area contributed by atoms with Crippen molar-refractivity contribution in [1.29, 1.82) is 0 Å². The number of carbonyl (C=O) groups is 1. The van der Waals surface area contributed by atoms with E-state index in [1.165, 1.54) is 12.1 Å². The van der Waals surface area contributed by atoms with Gasteiger partial charge in [-0.15, -0.1) is 5.10 Å². The largest absolute Gasteiger partial charge is 0.489 e. The van der Waals surface area contributed by atoms with E-state index in [0.29, 0.717) is 33.3 Å². The lowest BCUT2D eigenvalue weighted by molar-refractivity contribution is 0.0947. The van der Waals surface area contributed by atoms with Crippen molar-refractivity contribution >= 4 is 29.0 Å². The quantitative estimate of drug-likeness (QED) is 0.215. The summed E-state index contributed by atoms with van der Waals surface area (Å²) in [6.45, 7) is 1.70. The molecule has 3 N–H and O–H groups in total. The Balaban J connectivity index is 1.33. The molecular formula is C26H20ClFN8O3. The van der Waals surface area contributed by atoms with Crippen molar-refractivity contribution in [3.05, 3.63) is 100 Å². The number of nitrogens with one attached hydrogen (secondary N) is 1. The number of hydrogen-bond donors (Lipinski definition) is 2. The highest BCUT2D eigenvalue weighted by atomic mass is 35.5. The third-order valence-corrected chi connectivity index (χ3v) is 6.02. The van der Waals surface area contributed by atoms with E-state index >= 15 is 0 Å². The molecule has 0 unspecified atom stereocenters. The van der Waals surface area contributed by atoms with Crippen LogP contribution in [0.1, 0.15) is 28.5 Å². The van der Waals surface area contributed by atoms with Crippen molar-refractivity contribution in [2.45, 2.75) is 13.5 Å². The number of ether oxygens (including phenoxy) is 1. The third-order valence-electron chi connectivity index (χ3n) is 5.67. The first-order valence-electron chi connectivity index (χ1n) is 11.5. The van der Waals surface area contributed by atoms with Crippen molar-refractivity contribution < 1.29 is 18.6 Å². The molecule has 5 aromatic rings. The van der Waals surface area contributed by atoms with E-state index in [4.69, 9.17) is 22.1 Å². The van der Waals surface area contributed by atoms with Gasteiger partial charge < -0.3 is 10.5 Å². The van der Waals surface area contributed by atoms with Gasteiger partial charge in [0.15, 0.2) is 5.69 Å². The van der Waals surface area contributed by atoms with Crippen LogP contribution in [0.3, 0.4) is 0 Å². The van der Waals surface area contributed by atoms with E-state index in [-0.39, 0.29) is 29.5 Å². The van der Waals surface area contributed by atoms with Crippen LogP contribution in [0.2, 0.25) is 5.02 Å². The van der Waals surface area contributed by atoms with E-state index < -0.39 is 11.7 Å². The van der Waals surface area contributed by atoms with E-state index in [0.717, 1.165) is 4.68 Å². The van der Waals surface area contributed by atoms with Gasteiger partial charge in [-0.25, -0.2) is 14.4 Å². The van der Waals surface area contributed by atoms with Crippen LogP contribution in [-0.2, 0) is 6.61 Å². The highest BCUT2D eigenvalue weighted by Gasteiger charge is 2.26. The molecule has 0 saturated carbocycles. The molecule has 0 spiro atoms. The van der Waals surface area contributed by atoms with Gasteiger partial charge in [-0.1, -0.05) is 53.2 Å². The summed E-state index contributed by atoms with van der Waals surface area (Å²) in [6, 6.07) is 20.4. The fourth-order valence-electron chi connectivity index (χ4n) is 3.63. The van der Waals surface area contributed by atoms with Crippen LogP contribution >= 0.6 is 11.6 Å². The average Bonchev–Trinajstić information content (AvgIpc) is 3.58. The molecule has 2 heterocycles. The van der Waals surface area contributed by atoms with Crippen molar-refractivity contribution in [3.8, 4) is 22.8 Å². The first-order chi connectivity index (χ1) is 18.9. The number of nitrogens with two attached hydrogens (primary N) is 1. The summed E-state index contributed by atoms with van der Waals surface area (Å²) < 4.78 is 25.5. The average molecular weight is 547 g/mol. The maximum absolute atomic E-state index is 14.0. The number of nitrogens with zero attached hydrogens (tertiary/aromatic N) is 6. The van der Waals surface area contributed by atoms with E-state index in [2.05, 4.69) is 35.8 Å². The second-order valence-corrected chi connectivity index (χ2v) is 8.60. The van der Waals surface area contributed by atoms with Crippen LogP contribution < -0.4 is 15.9 Å². The Labute approximate surface area is 226 Å². The van der Waals surface area contributed by atoms with Crippen LogP contribution in [0.5, 0.6) is 5.75 Å². The smallest absolute Gasteiger partial charge is 0.292 e. The fraction of sp³-hybridized carbons (Fsp3) is 0.0769. The molecule has 0 bridgehead atoms. The summed E-state index contributed by atoms with van der Waals surface area (Å²) in [5.74, 6) is -0.582. The minimum atomic E-state index is -0.609. The van der Waals surface area contributed by atoms with Crippen LogP contribution in [0.4, 0.5) is 10.2 Å². The summed E-state index contributed by atoms with van der Waals surface area (Å²) in [6.07, 6.45) is 0. The Hall–Kier alpha value is -5.10. The molecule has 0 atom stereocenters. The minimum Gasteiger partial charge on any atom is -0.489 e. The number of anilines is 1. The predicted molar refractivity (Wildman–Crippen MR) is 141 cm³/mol. The molecule has 0 saturated heterocycles. The van der Waals surface area contributed by atoms with Crippen LogP contribution in [0.25, 0.3) is 17.1 Å². The minimum absolute atomic E-state index is 0.0165. The fourth-order valence-corrected chi connectivity index (χ4v) is 3.85. The number of benzene rings is 3. The maximum atomic E-state index is 14.0. The summed E-state index contributed by atoms with van der Waals surface area (Å²) in [4.78, 5) is 13.3. The lowest BCUT2D eigenvalue weighted by Crippen LogP contribution is -2.23. The molecule has 39 heavy (non-hydrogen) atoms. The number of halogens is 2. The number of aromatic nitrogens is 5. The Morgan fingerprint density at radius 2 is 1.87 bits per heavy atom.